The second kappa shape index (κ2) is 5.20. The number of nitrogens with zero attached hydrogens (tertiary/aromatic N) is 2. The summed E-state index contributed by atoms with van der Waals surface area (Å²) in [6.07, 6.45) is 1.13. The minimum absolute atomic E-state index is 0.00144. The molecule has 5 rings (SSSR count). The topological polar surface area (TPSA) is 70.7 Å². The highest BCUT2D eigenvalue weighted by atomic mass is 35.5. The van der Waals surface area contributed by atoms with Crippen molar-refractivity contribution in [2.45, 2.75) is 24.5 Å². The summed E-state index contributed by atoms with van der Waals surface area (Å²) in [5.41, 5.74) is 7.87. The number of carbonyl (C=O) groups is 1. The van der Waals surface area contributed by atoms with Crippen LogP contribution in [0.4, 0.5) is 10.1 Å². The fourth-order valence-electron chi connectivity index (χ4n) is 4.38. The third-order valence-electron chi connectivity index (χ3n) is 5.52. The molecule has 1 fully saturated rings. The first kappa shape index (κ1) is 15.6. The molecule has 1 saturated heterocycles. The van der Waals surface area contributed by atoms with Crippen LogP contribution in [0.1, 0.15) is 40.4 Å². The van der Waals surface area contributed by atoms with Crippen molar-refractivity contribution in [1.82, 2.24) is 4.90 Å². The Bertz CT molecular complexity index is 991. The maximum atomic E-state index is 14.1. The number of halogens is 2. The summed E-state index contributed by atoms with van der Waals surface area (Å²) in [5.74, 6) is -0.205. The van der Waals surface area contributed by atoms with E-state index in [0.717, 1.165) is 5.56 Å². The Morgan fingerprint density at radius 2 is 2.12 bits per heavy atom. The van der Waals surface area contributed by atoms with E-state index in [1.54, 1.807) is 24.3 Å². The van der Waals surface area contributed by atoms with Crippen LogP contribution in [0.3, 0.4) is 0 Å². The lowest BCUT2D eigenvalue weighted by atomic mass is 9.87. The highest BCUT2D eigenvalue weighted by Gasteiger charge is 2.49. The van der Waals surface area contributed by atoms with Crippen molar-refractivity contribution in [1.29, 1.82) is 0 Å². The molecule has 0 radical (unpaired) electrons. The summed E-state index contributed by atoms with van der Waals surface area (Å²) in [7, 11) is 0. The molecular weight excluding hydrogens is 355 g/mol. The van der Waals surface area contributed by atoms with Gasteiger partial charge in [0.1, 0.15) is 17.3 Å². The lowest BCUT2D eigenvalue weighted by molar-refractivity contribution is 0.0606. The molecule has 1 amide bonds. The largest absolute Gasteiger partial charge is 0.383 e. The highest BCUT2D eigenvalue weighted by Crippen LogP contribution is 2.48. The number of amides is 1. The SMILES string of the molecule is NC1=NC2(CCN3C(=O)c4cccc(Cl)c4C3C2)Nc2cccc(F)c21. The first-order chi connectivity index (χ1) is 12.5. The van der Waals surface area contributed by atoms with Gasteiger partial charge in [-0.05, 0) is 24.3 Å². The lowest BCUT2D eigenvalue weighted by Crippen LogP contribution is -2.51. The van der Waals surface area contributed by atoms with Gasteiger partial charge in [0.05, 0.1) is 11.6 Å². The molecule has 2 unspecified atom stereocenters. The maximum absolute atomic E-state index is 14.1. The molecule has 7 heteroatoms. The van der Waals surface area contributed by atoms with E-state index in [-0.39, 0.29) is 17.8 Å². The number of anilines is 1. The van der Waals surface area contributed by atoms with Gasteiger partial charge in [-0.25, -0.2) is 9.38 Å². The Balaban J connectivity index is 1.58. The fraction of sp³-hybridized carbons (Fsp3) is 0.263. The monoisotopic (exact) mass is 370 g/mol. The molecular formula is C19H16ClFN4O. The Labute approximate surface area is 154 Å². The maximum Gasteiger partial charge on any atom is 0.254 e. The smallest absolute Gasteiger partial charge is 0.254 e. The minimum atomic E-state index is -0.674. The number of fused-ring (bicyclic) bond motifs is 4. The van der Waals surface area contributed by atoms with Crippen molar-refractivity contribution < 1.29 is 9.18 Å². The first-order valence-corrected chi connectivity index (χ1v) is 8.89. The lowest BCUT2D eigenvalue weighted by Gasteiger charge is -2.45. The molecule has 132 valence electrons. The van der Waals surface area contributed by atoms with Crippen LogP contribution in [-0.4, -0.2) is 28.9 Å². The van der Waals surface area contributed by atoms with E-state index < -0.39 is 11.5 Å². The van der Waals surface area contributed by atoms with E-state index in [9.17, 15) is 9.18 Å². The van der Waals surface area contributed by atoms with E-state index in [4.69, 9.17) is 17.3 Å². The second-order valence-corrected chi connectivity index (χ2v) is 7.39. The Morgan fingerprint density at radius 1 is 1.31 bits per heavy atom. The van der Waals surface area contributed by atoms with Crippen molar-refractivity contribution in [3.05, 3.63) is 63.9 Å². The quantitative estimate of drug-likeness (QED) is 0.747. The summed E-state index contributed by atoms with van der Waals surface area (Å²) < 4.78 is 14.1. The van der Waals surface area contributed by atoms with Crippen LogP contribution in [0.5, 0.6) is 0 Å². The van der Waals surface area contributed by atoms with Gasteiger partial charge in [0.2, 0.25) is 0 Å². The molecule has 26 heavy (non-hydrogen) atoms. The molecule has 3 aliphatic rings. The molecule has 2 aromatic rings. The molecule has 2 aromatic carbocycles. The Kier molecular flexibility index (Phi) is 3.13. The highest BCUT2D eigenvalue weighted by molar-refractivity contribution is 6.32. The van der Waals surface area contributed by atoms with Gasteiger partial charge >= 0.3 is 0 Å². The number of nitrogens with two attached hydrogens (primary N) is 1. The number of rotatable bonds is 0. The molecule has 0 saturated carbocycles. The molecule has 3 heterocycles. The standard InChI is InChI=1S/C19H16ClFN4O/c20-11-4-1-3-10-15(11)14-9-19(7-8-25(14)18(10)26)23-13-6-2-5-12(21)16(13)17(22)24-19/h1-6,14,23H,7-9H2,(H2,22,24). The second-order valence-electron chi connectivity index (χ2n) is 6.99. The zero-order chi connectivity index (χ0) is 18.1. The van der Waals surface area contributed by atoms with E-state index in [1.165, 1.54) is 6.07 Å². The van der Waals surface area contributed by atoms with Gasteiger partial charge in [-0.15, -0.1) is 0 Å². The molecule has 0 aromatic heterocycles. The minimum Gasteiger partial charge on any atom is -0.383 e. The molecule has 0 aliphatic carbocycles. The van der Waals surface area contributed by atoms with Gasteiger partial charge < -0.3 is 16.0 Å². The summed E-state index contributed by atoms with van der Waals surface area (Å²) in [4.78, 5) is 19.2. The molecule has 3 N–H and O–H groups in total. The molecule has 5 nitrogen and oxygen atoms in total. The van der Waals surface area contributed by atoms with Crippen LogP contribution in [-0.2, 0) is 0 Å². The Morgan fingerprint density at radius 3 is 2.96 bits per heavy atom. The average Bonchev–Trinajstić information content (AvgIpc) is 2.87. The summed E-state index contributed by atoms with van der Waals surface area (Å²) >= 11 is 6.40. The van der Waals surface area contributed by atoms with Crippen molar-refractivity contribution >= 4 is 29.0 Å². The number of hydrogen-bond donors (Lipinski definition) is 2. The van der Waals surface area contributed by atoms with E-state index >= 15 is 0 Å². The van der Waals surface area contributed by atoms with Crippen molar-refractivity contribution in [2.24, 2.45) is 10.7 Å². The van der Waals surface area contributed by atoms with Gasteiger partial charge in [0, 0.05) is 41.2 Å². The summed E-state index contributed by atoms with van der Waals surface area (Å²) in [5, 5.41) is 3.96. The number of hydrogen-bond acceptors (Lipinski definition) is 4. The van der Waals surface area contributed by atoms with E-state index in [0.29, 0.717) is 41.2 Å². The van der Waals surface area contributed by atoms with Crippen molar-refractivity contribution in [3.8, 4) is 0 Å². The number of carbonyl (C=O) groups excluding carboxylic acids is 1. The number of benzene rings is 2. The van der Waals surface area contributed by atoms with Crippen LogP contribution < -0.4 is 11.1 Å². The van der Waals surface area contributed by atoms with Crippen molar-refractivity contribution in [2.75, 3.05) is 11.9 Å². The molecule has 2 atom stereocenters. The normalized spacial score (nSPS) is 26.1. The summed E-state index contributed by atoms with van der Waals surface area (Å²) in [6, 6.07) is 10.1. The van der Waals surface area contributed by atoms with Crippen LogP contribution in [0.15, 0.2) is 41.4 Å². The van der Waals surface area contributed by atoms with Crippen LogP contribution in [0.25, 0.3) is 0 Å². The predicted octanol–water partition coefficient (Wildman–Crippen LogP) is 3.30. The van der Waals surface area contributed by atoms with Gasteiger partial charge in [-0.1, -0.05) is 23.7 Å². The molecule has 1 spiro atoms. The number of nitrogens with one attached hydrogen (secondary N) is 1. The number of piperidine rings is 1. The van der Waals surface area contributed by atoms with Gasteiger partial charge in [-0.3, -0.25) is 4.79 Å². The number of aliphatic imine (C=N–C) groups is 1. The zero-order valence-electron chi connectivity index (χ0n) is 13.8. The van der Waals surface area contributed by atoms with Crippen LogP contribution >= 0.6 is 11.6 Å². The van der Waals surface area contributed by atoms with Crippen molar-refractivity contribution in [3.63, 3.8) is 0 Å². The fourth-order valence-corrected chi connectivity index (χ4v) is 4.68. The molecule has 3 aliphatic heterocycles. The van der Waals surface area contributed by atoms with Crippen LogP contribution in [0.2, 0.25) is 5.02 Å². The summed E-state index contributed by atoms with van der Waals surface area (Å²) in [6.45, 7) is 0.531. The van der Waals surface area contributed by atoms with E-state index in [2.05, 4.69) is 10.3 Å². The average molecular weight is 371 g/mol. The molecule has 0 bridgehead atoms. The van der Waals surface area contributed by atoms with Gasteiger partial charge in [0.25, 0.3) is 5.91 Å². The van der Waals surface area contributed by atoms with Gasteiger partial charge in [0.15, 0.2) is 0 Å². The predicted molar refractivity (Wildman–Crippen MR) is 97.9 cm³/mol. The van der Waals surface area contributed by atoms with Crippen LogP contribution in [0, 0.1) is 5.82 Å². The third kappa shape index (κ3) is 2.02. The van der Waals surface area contributed by atoms with E-state index in [1.807, 2.05) is 11.0 Å². The zero-order valence-corrected chi connectivity index (χ0v) is 14.6. The van der Waals surface area contributed by atoms with Gasteiger partial charge in [-0.2, -0.15) is 0 Å². The Hall–Kier alpha value is -2.60. The first-order valence-electron chi connectivity index (χ1n) is 8.51. The third-order valence-corrected chi connectivity index (χ3v) is 5.85. The number of amidine groups is 1.